The van der Waals surface area contributed by atoms with Gasteiger partial charge in [0.05, 0.1) is 64.9 Å². The number of fused-ring (bicyclic) bond motifs is 15. The molecule has 38 nitrogen and oxygen atoms in total. The number of hydrogen-bond donors (Lipinski definition) is 20. The normalized spacial score (nSPS) is 27.3. The summed E-state index contributed by atoms with van der Waals surface area (Å²) in [5.41, 5.74) is 7.70. The standard InChI is InChI=1S/C81H95Cl4N13O25/c1-34(2)21-48(87-5)73(110)93-64-66(105)38-9-13-52(46(84)25-38)119-54-27-40-28-55(70(54)123-80-71(69(108)68(107)56(33-99)121-80)122-59-32-81(4,72(109)35(3)118-59)88-15-16-97-17-19-98(20-18-97)95-58(104)23-36-7-11-44(82)45(83)22-36)120-53-14-10-39(26-47(53)85)67(106)65-78(115)92-63(79(116)96-117-6)43-29-41(100)30-51(102)60(43)42-24-37(8-12-50(42)101)61(75(112)94-65)91-76(113)62(40)90-74(111)49(31-57(86)103)89-77(64)114/h7-14,22,24-30,34-35,48-49,56,59,61-69,71-72,80,87-88,99-102,105-109H,15-21,23,31-33H2,1-6H3,(H2,86,103)(H,89,114)(H,90,111)(H,91,113)(H,92,115)(H,93,110)(H,94,112)(H,95,104)(H,96,116)/t35-,48+,49-,56+,59-,61+,62+,63+,64+,65-,66+,67+,68+,69-,71+,72+,80-,81-/m0/s1. The maximum Gasteiger partial charge on any atom is 0.270 e. The summed E-state index contributed by atoms with van der Waals surface area (Å²) in [4.78, 5) is 140. The summed E-state index contributed by atoms with van der Waals surface area (Å²) >= 11 is 26.6. The quantitative estimate of drug-likeness (QED) is 0.0454. The Hall–Kier alpha value is -10.0. The SMILES string of the molecule is CN[C@H](CC(C)C)C(=O)N[C@H]1C(=O)N[C@@H](CC(N)=O)C(=O)N[C@H]2C(=O)N[C@H]3C(=O)N[C@H](C(=O)N[C@@H](C(=O)NOC)c4cc(O)cc(O)c4-c4cc3ccc4O)[C@H](O)c3ccc(c(Cl)c3)Oc3cc2cc(c3O[C@@H]2O[C@H](CO)[C@@H](O)[C@H](O)[C@H]2O[C@H]2C[C@](C)(NCCN3CCN(NC(=O)Cc4ccc(Cl)c(Cl)c4)CC3)[C@H](O)[C@H](C)O2)Oc2ccc(cc2Cl)[C@H]1O. The number of nitrogens with zero attached hydrogens (tertiary/aromatic N) is 2. The molecule has 0 aromatic heterocycles. The molecule has 0 aliphatic carbocycles. The van der Waals surface area contributed by atoms with Crippen LogP contribution in [0.5, 0.6) is 46.0 Å². The van der Waals surface area contributed by atoms with Crippen LogP contribution in [-0.4, -0.2) is 248 Å². The Morgan fingerprint density at radius 3 is 1.95 bits per heavy atom. The summed E-state index contributed by atoms with van der Waals surface area (Å²) in [5.74, 6) is -15.4. The highest BCUT2D eigenvalue weighted by molar-refractivity contribution is 6.42. The zero-order valence-electron chi connectivity index (χ0n) is 66.9. The van der Waals surface area contributed by atoms with Gasteiger partial charge < -0.3 is 123 Å². The molecular weight excluding hydrogens is 1700 g/mol. The van der Waals surface area contributed by atoms with Gasteiger partial charge in [0.15, 0.2) is 23.9 Å². The number of aliphatic hydroxyl groups is 6. The number of nitrogens with one attached hydrogen (secondary N) is 10. The first-order chi connectivity index (χ1) is 58.4. The van der Waals surface area contributed by atoms with E-state index in [9.17, 15) is 65.1 Å². The van der Waals surface area contributed by atoms with Crippen molar-refractivity contribution in [3.63, 3.8) is 0 Å². The minimum atomic E-state index is -2.37. The number of hydroxylamine groups is 1. The van der Waals surface area contributed by atoms with Gasteiger partial charge in [-0.3, -0.25) is 58.3 Å². The number of piperazine rings is 1. The molecule has 0 radical (unpaired) electrons. The molecular formula is C81H95Cl4N13O25. The van der Waals surface area contributed by atoms with Gasteiger partial charge in [0.2, 0.25) is 59.3 Å². The Kier molecular flexibility index (Phi) is 29.5. The second-order valence-corrected chi connectivity index (χ2v) is 32.8. The van der Waals surface area contributed by atoms with Crippen molar-refractivity contribution in [3.8, 4) is 57.1 Å². The number of ether oxygens (including phenoxy) is 6. The van der Waals surface area contributed by atoms with Gasteiger partial charge in [-0.25, -0.2) is 10.5 Å². The first-order valence-corrected chi connectivity index (χ1v) is 40.7. The number of primary amides is 1. The maximum absolute atomic E-state index is 16.3. The van der Waals surface area contributed by atoms with Gasteiger partial charge in [-0.1, -0.05) is 84.5 Å². The lowest BCUT2D eigenvalue weighted by atomic mass is 9.85. The predicted octanol–water partition coefficient (Wildman–Crippen LogP) is 1.53. The van der Waals surface area contributed by atoms with Gasteiger partial charge in [0.1, 0.15) is 95.5 Å². The number of phenols is 3. The monoisotopic (exact) mass is 1790 g/mol. The first-order valence-electron chi connectivity index (χ1n) is 39.2. The number of halogens is 4. The van der Waals surface area contributed by atoms with E-state index in [4.69, 9.17) is 85.4 Å². The fourth-order valence-corrected chi connectivity index (χ4v) is 16.2. The number of aliphatic hydroxyl groups excluding tert-OH is 6. The largest absolute Gasteiger partial charge is 0.508 e. The second-order valence-electron chi connectivity index (χ2n) is 31.2. The van der Waals surface area contributed by atoms with Crippen LogP contribution in [-0.2, 0) is 68.6 Å². The summed E-state index contributed by atoms with van der Waals surface area (Å²) < 4.78 is 39.6. The molecule has 0 saturated carbocycles. The molecule has 0 spiro atoms. The number of hydrogen-bond acceptors (Lipinski definition) is 29. The number of hydrazine groups is 1. The van der Waals surface area contributed by atoms with Crippen molar-refractivity contribution in [2.75, 3.05) is 60.0 Å². The summed E-state index contributed by atoms with van der Waals surface area (Å²) in [6.07, 6.45) is -18.7. The van der Waals surface area contributed by atoms with Crippen LogP contribution in [0, 0.1) is 5.92 Å². The molecule has 18 atom stereocenters. The molecule has 8 aliphatic rings. The average Bonchev–Trinajstić information content (AvgIpc) is 0.765. The third-order valence-corrected chi connectivity index (χ3v) is 23.2. The van der Waals surface area contributed by atoms with Crippen LogP contribution < -0.4 is 73.4 Å². The Labute approximate surface area is 723 Å². The van der Waals surface area contributed by atoms with Gasteiger partial charge in [0.25, 0.3) is 5.91 Å². The van der Waals surface area contributed by atoms with Crippen LogP contribution in [0.2, 0.25) is 20.1 Å². The van der Waals surface area contributed by atoms with Gasteiger partial charge >= 0.3 is 0 Å². The van der Waals surface area contributed by atoms with Crippen LogP contribution in [0.3, 0.4) is 0 Å². The van der Waals surface area contributed by atoms with Crippen LogP contribution in [0.1, 0.15) is 111 Å². The van der Waals surface area contributed by atoms with Crippen LogP contribution >= 0.6 is 46.4 Å². The first kappa shape index (κ1) is 92.1. The van der Waals surface area contributed by atoms with E-state index in [1.807, 2.05) is 18.9 Å². The Bertz CT molecular complexity index is 5000. The highest BCUT2D eigenvalue weighted by Gasteiger charge is 2.52. The van der Waals surface area contributed by atoms with Gasteiger partial charge in [-0.05, 0) is 133 Å². The Morgan fingerprint density at radius 1 is 0.683 bits per heavy atom. The van der Waals surface area contributed by atoms with Gasteiger partial charge in [-0.15, -0.1) is 0 Å². The minimum Gasteiger partial charge on any atom is -0.508 e. The molecule has 11 bridgehead atoms. The average molecular weight is 1790 g/mol. The smallest absolute Gasteiger partial charge is 0.270 e. The molecule has 6 aromatic carbocycles. The van der Waals surface area contributed by atoms with E-state index in [0.717, 1.165) is 67.8 Å². The zero-order chi connectivity index (χ0) is 88.9. The molecule has 6 aromatic rings. The molecule has 3 saturated heterocycles. The number of nitrogens with two attached hydrogens (primary N) is 1. The number of aromatic hydroxyl groups is 3. The number of likely N-dealkylation sites (N-methyl/N-ethyl adjacent to an activating group) is 1. The summed E-state index contributed by atoms with van der Waals surface area (Å²) in [6.45, 7) is 8.73. The van der Waals surface area contributed by atoms with Crippen LogP contribution in [0.25, 0.3) is 11.1 Å². The van der Waals surface area contributed by atoms with Crippen molar-refractivity contribution in [3.05, 3.63) is 151 Å². The summed E-state index contributed by atoms with van der Waals surface area (Å²) in [7, 11) is 2.52. The lowest BCUT2D eigenvalue weighted by Crippen LogP contribution is -2.66. The van der Waals surface area contributed by atoms with Gasteiger partial charge in [-0.2, -0.15) is 0 Å². The van der Waals surface area contributed by atoms with E-state index < -0.39 is 237 Å². The van der Waals surface area contributed by atoms with Crippen molar-refractivity contribution >= 4 is 99.6 Å². The molecule has 14 rings (SSSR count). The fraction of sp³-hybridized carbons (Fsp3) is 0.444. The van der Waals surface area contributed by atoms with Crippen LogP contribution in [0.4, 0.5) is 0 Å². The number of benzene rings is 6. The molecule has 662 valence electrons. The van der Waals surface area contributed by atoms with Crippen molar-refractivity contribution in [2.45, 2.75) is 163 Å². The molecule has 9 amide bonds. The van der Waals surface area contributed by atoms with Crippen molar-refractivity contribution < 1.29 is 122 Å². The fourth-order valence-electron chi connectivity index (χ4n) is 15.4. The molecule has 3 fully saturated rings. The third-order valence-electron chi connectivity index (χ3n) is 21.9. The predicted molar refractivity (Wildman–Crippen MR) is 437 cm³/mol. The molecule has 0 unspecified atom stereocenters. The topological polar surface area (TPSA) is 553 Å². The zero-order valence-corrected chi connectivity index (χ0v) is 70.0. The number of carbonyl (C=O) groups excluding carboxylic acids is 9. The van der Waals surface area contributed by atoms with Crippen molar-refractivity contribution in [1.82, 2.24) is 63.3 Å². The summed E-state index contributed by atoms with van der Waals surface area (Å²) in [6, 6.07) is 4.87. The van der Waals surface area contributed by atoms with Crippen molar-refractivity contribution in [1.29, 1.82) is 0 Å². The van der Waals surface area contributed by atoms with E-state index in [1.165, 1.54) is 25.2 Å². The maximum atomic E-state index is 16.3. The number of phenolic OH excluding ortho intramolecular Hbond substituents is 3. The second kappa shape index (κ2) is 39.4. The molecule has 123 heavy (non-hydrogen) atoms. The van der Waals surface area contributed by atoms with Crippen LogP contribution in [0.15, 0.2) is 97.1 Å². The molecule has 42 heteroatoms. The van der Waals surface area contributed by atoms with E-state index in [0.29, 0.717) is 54.9 Å². The lowest BCUT2D eigenvalue weighted by Gasteiger charge is -2.48. The highest BCUT2D eigenvalue weighted by Crippen LogP contribution is 2.50. The highest BCUT2D eigenvalue weighted by atomic mass is 35.5. The van der Waals surface area contributed by atoms with Gasteiger partial charge in [0, 0.05) is 68.4 Å². The lowest BCUT2D eigenvalue weighted by molar-refractivity contribution is -0.334. The van der Waals surface area contributed by atoms with E-state index in [2.05, 4.69) is 58.3 Å². The summed E-state index contributed by atoms with van der Waals surface area (Å²) in [5, 5.41) is 129. The third kappa shape index (κ3) is 21.2. The number of amides is 9. The number of rotatable bonds is 21. The minimum absolute atomic E-state index is 0.0666. The Morgan fingerprint density at radius 2 is 1.33 bits per heavy atom. The van der Waals surface area contributed by atoms with E-state index >= 15 is 24.0 Å². The number of carbonyl (C=O) groups is 9. The molecule has 21 N–H and O–H groups in total. The Balaban J connectivity index is 0.981. The van der Waals surface area contributed by atoms with E-state index in [1.54, 1.807) is 32.0 Å². The van der Waals surface area contributed by atoms with Crippen molar-refractivity contribution in [2.24, 2.45) is 11.7 Å². The molecule has 8 heterocycles. The molecule has 8 aliphatic heterocycles. The van der Waals surface area contributed by atoms with E-state index in [-0.39, 0.29) is 58.6 Å².